The molecule has 1 heterocycles. The highest BCUT2D eigenvalue weighted by Gasteiger charge is 2.10. The van der Waals surface area contributed by atoms with Crippen LogP contribution in [0.3, 0.4) is 0 Å². The highest BCUT2D eigenvalue weighted by atomic mass is 32.2. The van der Waals surface area contributed by atoms with Crippen molar-refractivity contribution in [2.24, 2.45) is 7.05 Å². The van der Waals surface area contributed by atoms with Gasteiger partial charge in [-0.05, 0) is 12.0 Å². The Morgan fingerprint density at radius 2 is 2.05 bits per heavy atom. The maximum atomic E-state index is 12.1. The quantitative estimate of drug-likeness (QED) is 0.653. The lowest BCUT2D eigenvalue weighted by Gasteiger charge is -2.03. The summed E-state index contributed by atoms with van der Waals surface area (Å²) in [6, 6.07) is 7.70. The molecule has 2 aromatic rings. The van der Waals surface area contributed by atoms with Crippen molar-refractivity contribution in [3.05, 3.63) is 45.9 Å². The summed E-state index contributed by atoms with van der Waals surface area (Å²) in [7, 11) is 1.62. The number of aromatic nitrogens is 3. The van der Waals surface area contributed by atoms with E-state index in [0.717, 1.165) is 12.8 Å². The predicted octanol–water partition coefficient (Wildman–Crippen LogP) is 2.04. The van der Waals surface area contributed by atoms with E-state index in [1.165, 1.54) is 21.9 Å². The standard InChI is InChI=1S/C14H17N3O2S/c1-3-4-10-5-7-11(8-6-10)12(18)9-20-14-16-15-13(19)17(14)2/h5-8H,3-4,9H2,1-2H3,(H,15,19). The first-order valence-corrected chi connectivity index (χ1v) is 7.46. The first-order valence-electron chi connectivity index (χ1n) is 6.48. The van der Waals surface area contributed by atoms with E-state index in [1.807, 2.05) is 24.3 Å². The molecule has 0 radical (unpaired) electrons. The smallest absolute Gasteiger partial charge is 0.293 e. The lowest BCUT2D eigenvalue weighted by molar-refractivity contribution is 0.102. The molecular weight excluding hydrogens is 274 g/mol. The molecule has 6 heteroatoms. The summed E-state index contributed by atoms with van der Waals surface area (Å²) in [6.45, 7) is 2.13. The van der Waals surface area contributed by atoms with Crippen molar-refractivity contribution in [1.82, 2.24) is 14.8 Å². The number of thioether (sulfide) groups is 1. The van der Waals surface area contributed by atoms with Crippen molar-refractivity contribution in [3.8, 4) is 0 Å². The number of carbonyl (C=O) groups is 1. The van der Waals surface area contributed by atoms with Crippen LogP contribution in [-0.2, 0) is 13.5 Å². The third kappa shape index (κ3) is 3.39. The molecule has 5 nitrogen and oxygen atoms in total. The molecule has 0 spiro atoms. The van der Waals surface area contributed by atoms with E-state index in [1.54, 1.807) is 7.05 Å². The van der Waals surface area contributed by atoms with Gasteiger partial charge in [-0.1, -0.05) is 49.4 Å². The Morgan fingerprint density at radius 3 is 2.60 bits per heavy atom. The molecule has 1 N–H and O–H groups in total. The number of benzene rings is 1. The van der Waals surface area contributed by atoms with Gasteiger partial charge >= 0.3 is 5.69 Å². The Hall–Kier alpha value is -1.82. The molecule has 0 unspecified atom stereocenters. The van der Waals surface area contributed by atoms with Crippen molar-refractivity contribution in [1.29, 1.82) is 0 Å². The molecule has 0 amide bonds. The van der Waals surface area contributed by atoms with Crippen molar-refractivity contribution in [2.75, 3.05) is 5.75 Å². The summed E-state index contributed by atoms with van der Waals surface area (Å²) in [5.74, 6) is 0.305. The van der Waals surface area contributed by atoms with Crippen LogP contribution in [0.2, 0.25) is 0 Å². The van der Waals surface area contributed by atoms with Crippen LogP contribution < -0.4 is 5.69 Å². The maximum absolute atomic E-state index is 12.1. The van der Waals surface area contributed by atoms with Crippen molar-refractivity contribution < 1.29 is 4.79 Å². The lowest BCUT2D eigenvalue weighted by Crippen LogP contribution is -2.13. The largest absolute Gasteiger partial charge is 0.343 e. The minimum Gasteiger partial charge on any atom is -0.293 e. The number of hydrogen-bond donors (Lipinski definition) is 1. The highest BCUT2D eigenvalue weighted by Crippen LogP contribution is 2.15. The van der Waals surface area contributed by atoms with Gasteiger partial charge in [0, 0.05) is 12.6 Å². The molecule has 0 aliphatic rings. The molecule has 0 bridgehead atoms. The van der Waals surface area contributed by atoms with Crippen LogP contribution in [0.15, 0.2) is 34.2 Å². The number of H-pyrrole nitrogens is 1. The summed E-state index contributed by atoms with van der Waals surface area (Å²) in [5, 5.41) is 6.72. The number of nitrogens with one attached hydrogen (secondary N) is 1. The van der Waals surface area contributed by atoms with E-state index >= 15 is 0 Å². The van der Waals surface area contributed by atoms with E-state index in [2.05, 4.69) is 17.1 Å². The fourth-order valence-electron chi connectivity index (χ4n) is 1.82. The number of aromatic amines is 1. The molecule has 1 aromatic carbocycles. The normalized spacial score (nSPS) is 10.7. The van der Waals surface area contributed by atoms with Crippen LogP contribution >= 0.6 is 11.8 Å². The highest BCUT2D eigenvalue weighted by molar-refractivity contribution is 7.99. The zero-order valence-electron chi connectivity index (χ0n) is 11.5. The van der Waals surface area contributed by atoms with Gasteiger partial charge in [-0.25, -0.2) is 9.89 Å². The SMILES string of the molecule is CCCc1ccc(C(=O)CSc2n[nH]c(=O)n2C)cc1. The van der Waals surface area contributed by atoms with E-state index in [-0.39, 0.29) is 17.2 Å². The molecule has 0 saturated carbocycles. The zero-order valence-corrected chi connectivity index (χ0v) is 12.4. The molecule has 2 rings (SSSR count). The number of nitrogens with zero attached hydrogens (tertiary/aromatic N) is 2. The first-order chi connectivity index (χ1) is 9.61. The van der Waals surface area contributed by atoms with Gasteiger partial charge in [0.25, 0.3) is 0 Å². The Balaban J connectivity index is 1.98. The second-order valence-corrected chi connectivity index (χ2v) is 5.47. The van der Waals surface area contributed by atoms with E-state index in [4.69, 9.17) is 0 Å². The van der Waals surface area contributed by atoms with E-state index < -0.39 is 0 Å². The first kappa shape index (κ1) is 14.6. The fourth-order valence-corrected chi connectivity index (χ4v) is 2.63. The topological polar surface area (TPSA) is 67.8 Å². The van der Waals surface area contributed by atoms with Gasteiger partial charge in [-0.3, -0.25) is 9.36 Å². The minimum atomic E-state index is -0.274. The molecule has 106 valence electrons. The fraction of sp³-hybridized carbons (Fsp3) is 0.357. The molecule has 20 heavy (non-hydrogen) atoms. The van der Waals surface area contributed by atoms with E-state index in [9.17, 15) is 9.59 Å². The van der Waals surface area contributed by atoms with Crippen molar-refractivity contribution >= 4 is 17.5 Å². The number of carbonyl (C=O) groups excluding carboxylic acids is 1. The second kappa shape index (κ2) is 6.56. The van der Waals surface area contributed by atoms with Crippen LogP contribution in [0, 0.1) is 0 Å². The second-order valence-electron chi connectivity index (χ2n) is 4.53. The minimum absolute atomic E-state index is 0.0356. The summed E-state index contributed by atoms with van der Waals surface area (Å²) in [4.78, 5) is 23.3. The van der Waals surface area contributed by atoms with Gasteiger partial charge in [0.05, 0.1) is 5.75 Å². The maximum Gasteiger partial charge on any atom is 0.343 e. The monoisotopic (exact) mass is 291 g/mol. The predicted molar refractivity (Wildman–Crippen MR) is 79.3 cm³/mol. The van der Waals surface area contributed by atoms with Gasteiger partial charge in [0.15, 0.2) is 10.9 Å². The number of ketones is 1. The van der Waals surface area contributed by atoms with Gasteiger partial charge in [0.2, 0.25) is 0 Å². The van der Waals surface area contributed by atoms with Crippen molar-refractivity contribution in [3.63, 3.8) is 0 Å². The molecule has 0 aliphatic carbocycles. The van der Waals surface area contributed by atoms with Crippen LogP contribution in [0.25, 0.3) is 0 Å². The van der Waals surface area contributed by atoms with Gasteiger partial charge in [-0.2, -0.15) is 0 Å². The molecule has 0 saturated heterocycles. The molecular formula is C14H17N3O2S. The number of aryl methyl sites for hydroxylation is 1. The average Bonchev–Trinajstić information content (AvgIpc) is 2.77. The molecule has 1 aromatic heterocycles. The lowest BCUT2D eigenvalue weighted by atomic mass is 10.1. The molecule has 0 fully saturated rings. The van der Waals surface area contributed by atoms with E-state index in [0.29, 0.717) is 10.7 Å². The summed E-state index contributed by atoms with van der Waals surface area (Å²) < 4.78 is 1.39. The molecule has 0 atom stereocenters. The Morgan fingerprint density at radius 1 is 1.35 bits per heavy atom. The Labute approximate surface area is 121 Å². The average molecular weight is 291 g/mol. The number of rotatable bonds is 6. The Kier molecular flexibility index (Phi) is 4.79. The summed E-state index contributed by atoms with van der Waals surface area (Å²) >= 11 is 1.26. The third-order valence-corrected chi connectivity index (χ3v) is 4.02. The van der Waals surface area contributed by atoms with Crippen LogP contribution in [0.1, 0.15) is 29.3 Å². The van der Waals surface area contributed by atoms with Crippen LogP contribution in [-0.4, -0.2) is 26.3 Å². The van der Waals surface area contributed by atoms with Crippen LogP contribution in [0.4, 0.5) is 0 Å². The number of Topliss-reactive ketones (excluding diaryl/α,β-unsaturated/α-hetero) is 1. The van der Waals surface area contributed by atoms with Crippen LogP contribution in [0.5, 0.6) is 0 Å². The van der Waals surface area contributed by atoms with Gasteiger partial charge in [0.1, 0.15) is 0 Å². The van der Waals surface area contributed by atoms with Gasteiger partial charge in [-0.15, -0.1) is 5.10 Å². The number of hydrogen-bond acceptors (Lipinski definition) is 4. The van der Waals surface area contributed by atoms with Crippen molar-refractivity contribution in [2.45, 2.75) is 24.9 Å². The zero-order chi connectivity index (χ0) is 14.5. The van der Waals surface area contributed by atoms with Gasteiger partial charge < -0.3 is 0 Å². The summed E-state index contributed by atoms with van der Waals surface area (Å²) in [6.07, 6.45) is 2.12. The molecule has 0 aliphatic heterocycles. The third-order valence-electron chi connectivity index (χ3n) is 2.99. The summed E-state index contributed by atoms with van der Waals surface area (Å²) in [5.41, 5.74) is 1.66. The Bertz CT molecular complexity index is 643.